The minimum Gasteiger partial charge on any atom is -0.361 e. The van der Waals surface area contributed by atoms with Crippen LogP contribution in [0.25, 0.3) is 10.9 Å². The van der Waals surface area contributed by atoms with Gasteiger partial charge in [0.25, 0.3) is 0 Å². The van der Waals surface area contributed by atoms with Gasteiger partial charge in [-0.1, -0.05) is 55.5 Å². The largest absolute Gasteiger partial charge is 0.361 e. The SMILES string of the molecule is CSc1ccc(CN(C)C)cc1NC(=O)[C@H](NC(=O)N1CCC(c2ccccc2C)CC1)[C@H](C)c1c[nH]c2ccccc12. The average molecular weight is 598 g/mol. The predicted octanol–water partition coefficient (Wildman–Crippen LogP) is 6.96. The van der Waals surface area contributed by atoms with Crippen molar-refractivity contribution >= 4 is 40.3 Å². The van der Waals surface area contributed by atoms with Crippen LogP contribution in [-0.2, 0) is 11.3 Å². The monoisotopic (exact) mass is 597 g/mol. The summed E-state index contributed by atoms with van der Waals surface area (Å²) in [6.45, 7) is 6.25. The highest BCUT2D eigenvalue weighted by Crippen LogP contribution is 2.32. The van der Waals surface area contributed by atoms with Crippen LogP contribution in [0, 0.1) is 6.92 Å². The molecule has 0 aliphatic carbocycles. The summed E-state index contributed by atoms with van der Waals surface area (Å²) in [4.78, 5) is 36.1. The van der Waals surface area contributed by atoms with Gasteiger partial charge in [0.1, 0.15) is 6.04 Å². The van der Waals surface area contributed by atoms with Crippen LogP contribution in [0.15, 0.2) is 77.8 Å². The smallest absolute Gasteiger partial charge is 0.318 e. The highest BCUT2D eigenvalue weighted by Gasteiger charge is 2.33. The maximum atomic E-state index is 14.1. The lowest BCUT2D eigenvalue weighted by molar-refractivity contribution is -0.118. The number of thioether (sulfide) groups is 1. The molecule has 1 aromatic heterocycles. The Bertz CT molecular complexity index is 1570. The van der Waals surface area contributed by atoms with Gasteiger partial charge in [-0.25, -0.2) is 4.79 Å². The molecule has 1 fully saturated rings. The van der Waals surface area contributed by atoms with Gasteiger partial charge in [-0.2, -0.15) is 0 Å². The standard InChI is InChI=1S/C35H43N5O2S/c1-23-10-6-7-11-27(23)26-16-18-40(19-17-26)35(42)38-33(24(2)29-21-36-30-13-9-8-12-28(29)30)34(41)37-31-20-25(22-39(3)4)14-15-32(31)43-5/h6-15,20-21,24,26,33,36H,16-19,22H2,1-5H3,(H,37,41)(H,38,42)/t24-,33-/m1/s1. The Kier molecular flexibility index (Phi) is 9.78. The zero-order valence-corrected chi connectivity index (χ0v) is 26.6. The summed E-state index contributed by atoms with van der Waals surface area (Å²) in [5.74, 6) is -0.0561. The minimum absolute atomic E-state index is 0.193. The number of nitrogens with one attached hydrogen (secondary N) is 3. The van der Waals surface area contributed by atoms with Gasteiger partial charge < -0.3 is 25.4 Å². The molecule has 1 saturated heterocycles. The molecule has 43 heavy (non-hydrogen) atoms. The van der Waals surface area contributed by atoms with Crippen LogP contribution >= 0.6 is 11.8 Å². The molecule has 4 aromatic rings. The molecule has 0 unspecified atom stereocenters. The van der Waals surface area contributed by atoms with Gasteiger partial charge in [-0.15, -0.1) is 11.8 Å². The summed E-state index contributed by atoms with van der Waals surface area (Å²) in [6, 6.07) is 21.8. The number of nitrogens with zero attached hydrogens (tertiary/aromatic N) is 2. The molecule has 8 heteroatoms. The lowest BCUT2D eigenvalue weighted by atomic mass is 9.87. The molecule has 0 spiro atoms. The second-order valence-corrected chi connectivity index (χ2v) is 12.7. The van der Waals surface area contributed by atoms with E-state index in [1.54, 1.807) is 11.8 Å². The number of aryl methyl sites for hydroxylation is 1. The van der Waals surface area contributed by atoms with Crippen LogP contribution in [0.4, 0.5) is 10.5 Å². The Morgan fingerprint density at radius 3 is 2.49 bits per heavy atom. The van der Waals surface area contributed by atoms with Gasteiger partial charge in [0.2, 0.25) is 5.91 Å². The zero-order chi connectivity index (χ0) is 30.5. The molecule has 226 valence electrons. The van der Waals surface area contributed by atoms with Gasteiger partial charge >= 0.3 is 6.03 Å². The Hall–Kier alpha value is -3.75. The molecule has 2 atom stereocenters. The molecule has 0 saturated carbocycles. The summed E-state index contributed by atoms with van der Waals surface area (Å²) < 4.78 is 0. The van der Waals surface area contributed by atoms with Crippen LogP contribution in [0.2, 0.25) is 0 Å². The Balaban J connectivity index is 1.37. The number of urea groups is 1. The van der Waals surface area contributed by atoms with Crippen LogP contribution < -0.4 is 10.6 Å². The van der Waals surface area contributed by atoms with Crippen molar-refractivity contribution in [1.82, 2.24) is 20.1 Å². The van der Waals surface area contributed by atoms with E-state index in [1.807, 2.05) is 68.7 Å². The number of benzene rings is 3. The van der Waals surface area contributed by atoms with E-state index in [2.05, 4.69) is 63.8 Å². The van der Waals surface area contributed by atoms with Crippen molar-refractivity contribution < 1.29 is 9.59 Å². The molecule has 1 aliphatic heterocycles. The van der Waals surface area contributed by atoms with Crippen molar-refractivity contribution in [2.45, 2.75) is 56.0 Å². The summed E-state index contributed by atoms with van der Waals surface area (Å²) in [5.41, 5.74) is 6.55. The topological polar surface area (TPSA) is 80.5 Å². The number of fused-ring (bicyclic) bond motifs is 1. The summed E-state index contributed by atoms with van der Waals surface area (Å²) in [6.07, 6.45) is 5.78. The third kappa shape index (κ3) is 7.08. The number of aromatic nitrogens is 1. The summed E-state index contributed by atoms with van der Waals surface area (Å²) >= 11 is 1.59. The fourth-order valence-electron chi connectivity index (χ4n) is 6.26. The lowest BCUT2D eigenvalue weighted by Gasteiger charge is -2.34. The number of amides is 3. The van der Waals surface area contributed by atoms with Crippen LogP contribution in [0.3, 0.4) is 0 Å². The maximum Gasteiger partial charge on any atom is 0.318 e. The molecule has 0 bridgehead atoms. The minimum atomic E-state index is -0.770. The number of aromatic amines is 1. The first-order valence-electron chi connectivity index (χ1n) is 15.0. The maximum absolute atomic E-state index is 14.1. The van der Waals surface area contributed by atoms with Gasteiger partial charge in [0.15, 0.2) is 0 Å². The van der Waals surface area contributed by atoms with E-state index in [0.717, 1.165) is 52.0 Å². The number of hydrogen-bond donors (Lipinski definition) is 3. The molecular weight excluding hydrogens is 554 g/mol. The van der Waals surface area contributed by atoms with E-state index < -0.39 is 6.04 Å². The Labute approximate surface area is 259 Å². The van der Waals surface area contributed by atoms with Crippen molar-refractivity contribution in [2.24, 2.45) is 0 Å². The molecule has 5 rings (SSSR count). The number of para-hydroxylation sites is 1. The molecule has 0 radical (unpaired) electrons. The van der Waals surface area contributed by atoms with Gasteiger partial charge in [-0.3, -0.25) is 4.79 Å². The zero-order valence-electron chi connectivity index (χ0n) is 25.8. The first-order chi connectivity index (χ1) is 20.7. The number of H-pyrrole nitrogens is 1. The van der Waals surface area contributed by atoms with Crippen LogP contribution in [0.5, 0.6) is 0 Å². The molecule has 3 aromatic carbocycles. The van der Waals surface area contributed by atoms with Crippen LogP contribution in [0.1, 0.15) is 53.9 Å². The van der Waals surface area contributed by atoms with E-state index >= 15 is 0 Å². The number of likely N-dealkylation sites (tertiary alicyclic amines) is 1. The summed E-state index contributed by atoms with van der Waals surface area (Å²) in [5, 5.41) is 7.40. The normalized spacial score (nSPS) is 15.4. The lowest BCUT2D eigenvalue weighted by Crippen LogP contribution is -2.53. The molecule has 1 aliphatic rings. The highest BCUT2D eigenvalue weighted by molar-refractivity contribution is 7.98. The van der Waals surface area contributed by atoms with Gasteiger partial charge in [0, 0.05) is 47.5 Å². The second kappa shape index (κ2) is 13.7. The quantitative estimate of drug-likeness (QED) is 0.182. The number of carbonyl (C=O) groups excluding carboxylic acids is 2. The molecule has 2 heterocycles. The van der Waals surface area contributed by atoms with E-state index in [0.29, 0.717) is 19.0 Å². The molecule has 7 nitrogen and oxygen atoms in total. The van der Waals surface area contributed by atoms with Crippen molar-refractivity contribution in [1.29, 1.82) is 0 Å². The van der Waals surface area contributed by atoms with E-state index in [1.165, 1.54) is 11.1 Å². The van der Waals surface area contributed by atoms with Crippen LogP contribution in [-0.4, -0.2) is 66.2 Å². The van der Waals surface area contributed by atoms with Crippen molar-refractivity contribution in [3.05, 3.63) is 95.2 Å². The van der Waals surface area contributed by atoms with E-state index in [-0.39, 0.29) is 17.9 Å². The Morgan fingerprint density at radius 1 is 1.05 bits per heavy atom. The number of carbonyl (C=O) groups is 2. The van der Waals surface area contributed by atoms with Crippen molar-refractivity contribution in [3.8, 4) is 0 Å². The van der Waals surface area contributed by atoms with Gasteiger partial charge in [-0.05, 0) is 86.5 Å². The molecular formula is C35H43N5O2S. The fraction of sp³-hybridized carbons (Fsp3) is 0.371. The van der Waals surface area contributed by atoms with E-state index in [4.69, 9.17) is 0 Å². The van der Waals surface area contributed by atoms with E-state index in [9.17, 15) is 9.59 Å². The van der Waals surface area contributed by atoms with Crippen molar-refractivity contribution in [3.63, 3.8) is 0 Å². The molecule has 3 N–H and O–H groups in total. The Morgan fingerprint density at radius 2 is 1.77 bits per heavy atom. The molecule has 3 amide bonds. The highest BCUT2D eigenvalue weighted by atomic mass is 32.2. The van der Waals surface area contributed by atoms with Gasteiger partial charge in [0.05, 0.1) is 5.69 Å². The predicted molar refractivity (Wildman–Crippen MR) is 178 cm³/mol. The first kappa shape index (κ1) is 30.7. The fourth-order valence-corrected chi connectivity index (χ4v) is 6.79. The number of hydrogen-bond acceptors (Lipinski definition) is 4. The summed E-state index contributed by atoms with van der Waals surface area (Å²) in [7, 11) is 4.05. The van der Waals surface area contributed by atoms with Crippen molar-refractivity contribution in [2.75, 3.05) is 38.8 Å². The number of piperidine rings is 1. The second-order valence-electron chi connectivity index (χ2n) is 11.9. The third-order valence-corrected chi connectivity index (χ3v) is 9.40. The average Bonchev–Trinajstić information content (AvgIpc) is 3.44. The number of anilines is 1. The third-order valence-electron chi connectivity index (χ3n) is 8.60. The number of rotatable bonds is 9. The first-order valence-corrected chi connectivity index (χ1v) is 16.3.